The Hall–Kier alpha value is -6.16. The number of aryl methyl sites for hydroxylation is 14. The van der Waals surface area contributed by atoms with Crippen LogP contribution in [0.5, 0.6) is 0 Å². The average molecular weight is 851 g/mol. The Kier molecular flexibility index (Phi) is 29.1. The number of pyridine rings is 3. The second-order valence-corrected chi connectivity index (χ2v) is 14.7. The van der Waals surface area contributed by atoms with Crippen molar-refractivity contribution in [2.75, 3.05) is 0 Å². The fourth-order valence-electron chi connectivity index (χ4n) is 5.27. The maximum atomic E-state index is 4.29. The molecule has 0 unspecified atom stereocenters. The number of aromatic nitrogens is 10. The van der Waals surface area contributed by atoms with Gasteiger partial charge >= 0.3 is 0 Å². The van der Waals surface area contributed by atoms with Crippen LogP contribution in [-0.4, -0.2) is 50.1 Å². The highest BCUT2D eigenvalue weighted by atomic mass is 15.1. The quantitative estimate of drug-likeness (QED) is 0.153. The molecule has 0 saturated heterocycles. The largest absolute Gasteiger partial charge is 0.264 e. The van der Waals surface area contributed by atoms with Gasteiger partial charge in [-0.2, -0.15) is 5.10 Å². The topological polar surface area (TPSA) is 129 Å². The van der Waals surface area contributed by atoms with E-state index in [0.29, 0.717) is 0 Å². The molecule has 7 aromatic rings. The summed E-state index contributed by atoms with van der Waals surface area (Å²) >= 11 is 0. The Bertz CT molecular complexity index is 1810. The lowest BCUT2D eigenvalue weighted by atomic mass is 10.1. The monoisotopic (exact) mass is 851 g/mol. The Morgan fingerprint density at radius 1 is 0.365 bits per heavy atom. The molecule has 0 aliphatic carbocycles. The molecule has 0 amide bonds. The zero-order valence-electron chi connectivity index (χ0n) is 40.8. The molecule has 0 aliphatic rings. The van der Waals surface area contributed by atoms with Crippen molar-refractivity contribution >= 4 is 0 Å². The zero-order valence-corrected chi connectivity index (χ0v) is 40.8. The van der Waals surface area contributed by atoms with Crippen LogP contribution in [0.25, 0.3) is 0 Å². The van der Waals surface area contributed by atoms with Crippen molar-refractivity contribution in [1.82, 2.24) is 50.1 Å². The molecular formula is C53H74N10. The number of nitrogens with zero attached hydrogens (tertiary/aromatic N) is 10. The summed E-state index contributed by atoms with van der Waals surface area (Å²) in [6.07, 6.45) is 19.7. The maximum Gasteiger partial charge on any atom is 0.150 e. The lowest BCUT2D eigenvalue weighted by Crippen LogP contribution is -1.96. The normalized spacial score (nSPS) is 9.56. The third-order valence-corrected chi connectivity index (χ3v) is 8.84. The van der Waals surface area contributed by atoms with E-state index in [1.807, 2.05) is 83.5 Å². The van der Waals surface area contributed by atoms with Gasteiger partial charge in [-0.15, -0.1) is 5.10 Å². The molecule has 0 saturated carbocycles. The summed E-state index contributed by atoms with van der Waals surface area (Å²) in [5.74, 6) is 1.74. The molecular weight excluding hydrogens is 777 g/mol. The van der Waals surface area contributed by atoms with Gasteiger partial charge in [0.2, 0.25) is 0 Å². The Morgan fingerprint density at radius 2 is 0.937 bits per heavy atom. The van der Waals surface area contributed by atoms with Crippen molar-refractivity contribution in [1.29, 1.82) is 0 Å². The molecule has 10 nitrogen and oxygen atoms in total. The Labute approximate surface area is 380 Å². The summed E-state index contributed by atoms with van der Waals surface area (Å²) in [4.78, 5) is 33.1. The molecule has 0 atom stereocenters. The SMILES string of the molecule is CCc1cc(C)ccn1.CCc1cccc(C)c1.CCc1cccc(C)n1.CCc1cncc(C)c1.CCc1cncc(C)n1.CCc1nccc(C)n1.CCc1nncc(C)n1. The smallest absolute Gasteiger partial charge is 0.150 e. The molecule has 0 spiro atoms. The van der Waals surface area contributed by atoms with Crippen LogP contribution < -0.4 is 0 Å². The molecule has 10 heteroatoms. The molecule has 7 rings (SSSR count). The van der Waals surface area contributed by atoms with Gasteiger partial charge in [0.15, 0.2) is 5.82 Å². The fraction of sp³-hybridized carbons (Fsp3) is 0.396. The highest BCUT2D eigenvalue weighted by Gasteiger charge is 1.93. The van der Waals surface area contributed by atoms with Gasteiger partial charge in [-0.25, -0.2) is 15.0 Å². The number of hydrogen-bond acceptors (Lipinski definition) is 10. The van der Waals surface area contributed by atoms with E-state index in [1.54, 1.807) is 24.8 Å². The molecule has 6 heterocycles. The van der Waals surface area contributed by atoms with Gasteiger partial charge in [0.25, 0.3) is 0 Å². The number of hydrogen-bond donors (Lipinski definition) is 0. The standard InChI is InChI=1S/C9H12.3C8H11N.2C7H10N2.C6H9N3/c1-3-9-6-4-5-8(2)7-9;1-3-8-4-7(2)5-9-6-8;1-3-8-6-7(2)4-5-9-8;1-3-8-6-4-5-7(2)9-8;1-3-7-5-8-4-6(2)9-7;1-3-7-8-5-4-6(2)9-7;1-3-6-8-5(2)4-7-9-6/h4-7H,3H2,1-2H3;3*4-6H,3H2,1-2H3;2*4-5H,3H2,1-2H3;4H,3H2,1-2H3. The highest BCUT2D eigenvalue weighted by Crippen LogP contribution is 2.04. The van der Waals surface area contributed by atoms with E-state index in [0.717, 1.165) is 85.1 Å². The number of rotatable bonds is 7. The molecule has 0 bridgehead atoms. The van der Waals surface area contributed by atoms with E-state index in [-0.39, 0.29) is 0 Å². The van der Waals surface area contributed by atoms with Gasteiger partial charge in [0.1, 0.15) is 5.82 Å². The van der Waals surface area contributed by atoms with Gasteiger partial charge in [-0.1, -0.05) is 90.4 Å². The minimum atomic E-state index is 0.815. The van der Waals surface area contributed by atoms with Crippen LogP contribution >= 0.6 is 0 Å². The predicted molar refractivity (Wildman–Crippen MR) is 262 cm³/mol. The van der Waals surface area contributed by atoms with Crippen molar-refractivity contribution in [2.24, 2.45) is 0 Å². The second kappa shape index (κ2) is 33.5. The van der Waals surface area contributed by atoms with Crippen LogP contribution in [0.2, 0.25) is 0 Å². The first-order valence-corrected chi connectivity index (χ1v) is 22.3. The van der Waals surface area contributed by atoms with E-state index in [1.165, 1.54) is 39.2 Å². The van der Waals surface area contributed by atoms with E-state index in [2.05, 4.69) is 149 Å². The summed E-state index contributed by atoms with van der Waals surface area (Å²) in [5.41, 5.74) is 14.1. The first kappa shape index (κ1) is 54.9. The maximum absolute atomic E-state index is 4.29. The Balaban J connectivity index is 0.000000367. The van der Waals surface area contributed by atoms with Crippen molar-refractivity contribution in [3.63, 3.8) is 0 Å². The second-order valence-electron chi connectivity index (χ2n) is 14.7. The third kappa shape index (κ3) is 26.7. The summed E-state index contributed by atoms with van der Waals surface area (Å²) in [5, 5.41) is 7.54. The summed E-state index contributed by atoms with van der Waals surface area (Å²) in [6.45, 7) is 28.8. The number of benzene rings is 1. The lowest BCUT2D eigenvalue weighted by molar-refractivity contribution is 0.829. The van der Waals surface area contributed by atoms with E-state index in [4.69, 9.17) is 0 Å². The molecule has 0 fully saturated rings. The Morgan fingerprint density at radius 3 is 1.38 bits per heavy atom. The van der Waals surface area contributed by atoms with Gasteiger partial charge in [-0.3, -0.25) is 24.9 Å². The molecule has 0 radical (unpaired) electrons. The zero-order chi connectivity index (χ0) is 46.8. The van der Waals surface area contributed by atoms with Crippen molar-refractivity contribution < 1.29 is 0 Å². The summed E-state index contributed by atoms with van der Waals surface area (Å²) in [7, 11) is 0. The van der Waals surface area contributed by atoms with E-state index < -0.39 is 0 Å². The predicted octanol–water partition coefficient (Wildman–Crippen LogP) is 11.9. The van der Waals surface area contributed by atoms with Crippen molar-refractivity contribution in [3.8, 4) is 0 Å². The van der Waals surface area contributed by atoms with Gasteiger partial charge in [0, 0.05) is 72.8 Å². The van der Waals surface area contributed by atoms with Crippen LogP contribution in [0.15, 0.2) is 110 Å². The summed E-state index contributed by atoms with van der Waals surface area (Å²) < 4.78 is 0. The van der Waals surface area contributed by atoms with E-state index in [9.17, 15) is 0 Å². The summed E-state index contributed by atoms with van der Waals surface area (Å²) in [6, 6.07) is 22.9. The van der Waals surface area contributed by atoms with Gasteiger partial charge in [0.05, 0.1) is 23.3 Å². The molecule has 0 aliphatic heterocycles. The van der Waals surface area contributed by atoms with E-state index >= 15 is 0 Å². The molecule has 1 aromatic carbocycles. The first-order chi connectivity index (χ1) is 30.3. The van der Waals surface area contributed by atoms with Crippen molar-refractivity contribution in [2.45, 2.75) is 142 Å². The minimum Gasteiger partial charge on any atom is -0.264 e. The molecule has 63 heavy (non-hydrogen) atoms. The van der Waals surface area contributed by atoms with Crippen LogP contribution in [0.3, 0.4) is 0 Å². The van der Waals surface area contributed by atoms with Crippen LogP contribution in [0.4, 0.5) is 0 Å². The molecule has 6 aromatic heterocycles. The van der Waals surface area contributed by atoms with Crippen molar-refractivity contribution in [3.05, 3.63) is 189 Å². The van der Waals surface area contributed by atoms with Crippen LogP contribution in [-0.2, 0) is 44.9 Å². The molecule has 336 valence electrons. The van der Waals surface area contributed by atoms with Gasteiger partial charge in [-0.05, 0) is 133 Å². The van der Waals surface area contributed by atoms with Crippen LogP contribution in [0, 0.1) is 48.5 Å². The average Bonchev–Trinajstić information content (AvgIpc) is 3.30. The molecule has 0 N–H and O–H groups in total. The highest BCUT2D eigenvalue weighted by molar-refractivity contribution is 5.22. The first-order valence-electron chi connectivity index (χ1n) is 22.3. The third-order valence-electron chi connectivity index (χ3n) is 8.84. The fourth-order valence-corrected chi connectivity index (χ4v) is 5.27. The van der Waals surface area contributed by atoms with Gasteiger partial charge < -0.3 is 0 Å². The minimum absolute atomic E-state index is 0.815. The van der Waals surface area contributed by atoms with Crippen LogP contribution in [0.1, 0.15) is 128 Å². The lowest BCUT2D eigenvalue weighted by Gasteiger charge is -1.95.